The van der Waals surface area contributed by atoms with Crippen LogP contribution >= 0.6 is 11.6 Å². The summed E-state index contributed by atoms with van der Waals surface area (Å²) >= 11 is 6.19. The molecule has 3 nitrogen and oxygen atoms in total. The van der Waals surface area contributed by atoms with Crippen LogP contribution in [0.4, 0.5) is 0 Å². The summed E-state index contributed by atoms with van der Waals surface area (Å²) in [5, 5.41) is 3.93. The number of rotatable bonds is 8. The second-order valence-corrected chi connectivity index (χ2v) is 7.52. The summed E-state index contributed by atoms with van der Waals surface area (Å²) in [5.41, 5.74) is 4.12. The van der Waals surface area contributed by atoms with E-state index >= 15 is 0 Å². The van der Waals surface area contributed by atoms with Gasteiger partial charge in [0.2, 0.25) is 5.91 Å². The molecule has 0 aliphatic carbocycles. The van der Waals surface area contributed by atoms with Gasteiger partial charge in [0.05, 0.1) is 12.6 Å². The molecule has 0 unspecified atom stereocenters. The third-order valence-electron chi connectivity index (χ3n) is 4.80. The normalized spacial score (nSPS) is 10.8. The zero-order valence-corrected chi connectivity index (χ0v) is 17.6. The van der Waals surface area contributed by atoms with Crippen LogP contribution in [0.2, 0.25) is 5.02 Å². The van der Waals surface area contributed by atoms with Gasteiger partial charge in [-0.25, -0.2) is 0 Å². The van der Waals surface area contributed by atoms with Crippen LogP contribution in [-0.4, -0.2) is 12.5 Å². The Kier molecular flexibility index (Phi) is 7.31. The highest BCUT2D eigenvalue weighted by atomic mass is 35.5. The lowest BCUT2D eigenvalue weighted by atomic mass is 9.98. The number of carbonyl (C=O) groups excluding carboxylic acids is 1. The first-order chi connectivity index (χ1) is 14.0. The molecule has 1 amide bonds. The van der Waals surface area contributed by atoms with E-state index in [2.05, 4.69) is 5.32 Å². The molecular weight excluding hydrogens is 382 g/mol. The van der Waals surface area contributed by atoms with Crippen molar-refractivity contribution in [3.05, 3.63) is 100 Å². The number of hydrogen-bond acceptors (Lipinski definition) is 2. The number of benzene rings is 3. The summed E-state index contributed by atoms with van der Waals surface area (Å²) in [6.07, 6.45) is 1.05. The average molecular weight is 408 g/mol. The van der Waals surface area contributed by atoms with Crippen LogP contribution in [0.5, 0.6) is 5.75 Å². The SMILES string of the molecule is Cc1cc(OCCCC(=O)NC(c2ccccc2)c2ccccc2)cc(C)c1Cl. The van der Waals surface area contributed by atoms with E-state index in [1.54, 1.807) is 0 Å². The molecule has 0 saturated carbocycles. The number of amides is 1. The molecule has 0 aliphatic heterocycles. The third-order valence-corrected chi connectivity index (χ3v) is 5.39. The van der Waals surface area contributed by atoms with Gasteiger partial charge < -0.3 is 10.1 Å². The van der Waals surface area contributed by atoms with E-state index in [1.165, 1.54) is 0 Å². The van der Waals surface area contributed by atoms with Gasteiger partial charge in [0.15, 0.2) is 0 Å². The van der Waals surface area contributed by atoms with E-state index in [0.717, 1.165) is 33.0 Å². The van der Waals surface area contributed by atoms with Crippen LogP contribution in [0.3, 0.4) is 0 Å². The third kappa shape index (κ3) is 5.85. The minimum absolute atomic E-state index is 0.00905. The molecule has 0 heterocycles. The fraction of sp³-hybridized carbons (Fsp3) is 0.240. The molecule has 0 radical (unpaired) electrons. The molecule has 0 atom stereocenters. The zero-order valence-electron chi connectivity index (χ0n) is 16.8. The van der Waals surface area contributed by atoms with Gasteiger partial charge in [0.1, 0.15) is 5.75 Å². The number of ether oxygens (including phenoxy) is 1. The first-order valence-electron chi connectivity index (χ1n) is 9.83. The summed E-state index contributed by atoms with van der Waals surface area (Å²) in [4.78, 5) is 12.6. The molecule has 29 heavy (non-hydrogen) atoms. The minimum atomic E-state index is -0.160. The van der Waals surface area contributed by atoms with Gasteiger partial charge in [0.25, 0.3) is 0 Å². The molecule has 0 aromatic heterocycles. The van der Waals surface area contributed by atoms with Crippen molar-refractivity contribution in [3.63, 3.8) is 0 Å². The zero-order chi connectivity index (χ0) is 20.6. The van der Waals surface area contributed by atoms with E-state index in [1.807, 2.05) is 86.6 Å². The Hall–Kier alpha value is -2.78. The molecule has 0 fully saturated rings. The number of hydrogen-bond donors (Lipinski definition) is 1. The van der Waals surface area contributed by atoms with Crippen LogP contribution in [0.25, 0.3) is 0 Å². The van der Waals surface area contributed by atoms with Gasteiger partial charge >= 0.3 is 0 Å². The summed E-state index contributed by atoms with van der Waals surface area (Å²) in [6.45, 7) is 4.40. The highest BCUT2D eigenvalue weighted by molar-refractivity contribution is 6.32. The monoisotopic (exact) mass is 407 g/mol. The van der Waals surface area contributed by atoms with Gasteiger partial charge in [-0.2, -0.15) is 0 Å². The minimum Gasteiger partial charge on any atom is -0.494 e. The first kappa shape index (κ1) is 20.9. The second kappa shape index (κ2) is 10.1. The van der Waals surface area contributed by atoms with Gasteiger partial charge in [-0.3, -0.25) is 4.79 Å². The number of carbonyl (C=O) groups is 1. The predicted molar refractivity (Wildman–Crippen MR) is 119 cm³/mol. The Morgan fingerprint density at radius 2 is 1.45 bits per heavy atom. The molecular formula is C25H26ClNO2. The second-order valence-electron chi connectivity index (χ2n) is 7.14. The highest BCUT2D eigenvalue weighted by Crippen LogP contribution is 2.26. The highest BCUT2D eigenvalue weighted by Gasteiger charge is 2.16. The van der Waals surface area contributed by atoms with Crippen molar-refractivity contribution in [2.45, 2.75) is 32.7 Å². The molecule has 3 aromatic rings. The molecule has 1 N–H and O–H groups in total. The predicted octanol–water partition coefficient (Wildman–Crippen LogP) is 6.02. The largest absolute Gasteiger partial charge is 0.494 e. The van der Waals surface area contributed by atoms with Crippen LogP contribution in [0.1, 0.15) is 41.1 Å². The maximum Gasteiger partial charge on any atom is 0.220 e. The summed E-state index contributed by atoms with van der Waals surface area (Å²) in [7, 11) is 0. The van der Waals surface area contributed by atoms with Crippen LogP contribution in [-0.2, 0) is 4.79 Å². The van der Waals surface area contributed by atoms with Crippen molar-refractivity contribution < 1.29 is 9.53 Å². The van der Waals surface area contributed by atoms with Crippen molar-refractivity contribution in [1.29, 1.82) is 0 Å². The summed E-state index contributed by atoms with van der Waals surface area (Å²) in [5.74, 6) is 0.797. The number of halogens is 1. The van der Waals surface area contributed by atoms with E-state index in [4.69, 9.17) is 16.3 Å². The number of nitrogens with one attached hydrogen (secondary N) is 1. The Bertz CT molecular complexity index is 879. The van der Waals surface area contributed by atoms with E-state index in [-0.39, 0.29) is 11.9 Å². The van der Waals surface area contributed by atoms with Crippen LogP contribution in [0.15, 0.2) is 72.8 Å². The molecule has 0 spiro atoms. The molecule has 0 saturated heterocycles. The van der Waals surface area contributed by atoms with Crippen molar-refractivity contribution in [2.24, 2.45) is 0 Å². The van der Waals surface area contributed by atoms with Gasteiger partial charge in [-0.05, 0) is 54.7 Å². The van der Waals surface area contributed by atoms with E-state index < -0.39 is 0 Å². The van der Waals surface area contributed by atoms with Crippen molar-refractivity contribution in [1.82, 2.24) is 5.32 Å². The summed E-state index contributed by atoms with van der Waals surface area (Å²) < 4.78 is 5.81. The van der Waals surface area contributed by atoms with E-state index in [0.29, 0.717) is 19.4 Å². The Morgan fingerprint density at radius 3 is 1.97 bits per heavy atom. The molecule has 0 bridgehead atoms. The lowest BCUT2D eigenvalue weighted by molar-refractivity contribution is -0.121. The van der Waals surface area contributed by atoms with Gasteiger partial charge in [-0.1, -0.05) is 72.3 Å². The standard InChI is InChI=1S/C25H26ClNO2/c1-18-16-22(17-19(2)24(18)26)29-15-9-14-23(28)27-25(20-10-5-3-6-11-20)21-12-7-4-8-13-21/h3-8,10-13,16-17,25H,9,14-15H2,1-2H3,(H,27,28). The topological polar surface area (TPSA) is 38.3 Å². The van der Waals surface area contributed by atoms with E-state index in [9.17, 15) is 4.79 Å². The fourth-order valence-electron chi connectivity index (χ4n) is 3.30. The van der Waals surface area contributed by atoms with Gasteiger partial charge in [-0.15, -0.1) is 0 Å². The molecule has 150 valence electrons. The van der Waals surface area contributed by atoms with Crippen molar-refractivity contribution in [2.75, 3.05) is 6.61 Å². The summed E-state index contributed by atoms with van der Waals surface area (Å²) in [6, 6.07) is 23.7. The maximum atomic E-state index is 12.6. The fourth-order valence-corrected chi connectivity index (χ4v) is 3.40. The van der Waals surface area contributed by atoms with Crippen molar-refractivity contribution >= 4 is 17.5 Å². The lowest BCUT2D eigenvalue weighted by Crippen LogP contribution is -2.29. The number of aryl methyl sites for hydroxylation is 2. The Morgan fingerprint density at radius 1 is 0.931 bits per heavy atom. The smallest absolute Gasteiger partial charge is 0.220 e. The molecule has 3 aromatic carbocycles. The Labute approximate surface area is 177 Å². The molecule has 4 heteroatoms. The van der Waals surface area contributed by atoms with Crippen molar-refractivity contribution in [3.8, 4) is 5.75 Å². The quantitative estimate of drug-likeness (QED) is 0.463. The van der Waals surface area contributed by atoms with Gasteiger partial charge in [0, 0.05) is 11.4 Å². The molecule has 0 aliphatic rings. The Balaban J connectivity index is 1.56. The van der Waals surface area contributed by atoms with Crippen LogP contribution < -0.4 is 10.1 Å². The first-order valence-corrected chi connectivity index (χ1v) is 10.2. The lowest BCUT2D eigenvalue weighted by Gasteiger charge is -2.20. The maximum absolute atomic E-state index is 12.6. The average Bonchev–Trinajstić information content (AvgIpc) is 2.74. The molecule has 3 rings (SSSR count). The van der Waals surface area contributed by atoms with Crippen LogP contribution in [0, 0.1) is 13.8 Å².